The van der Waals surface area contributed by atoms with Crippen molar-refractivity contribution in [2.75, 3.05) is 18.0 Å². The molecule has 0 radical (unpaired) electrons. The van der Waals surface area contributed by atoms with Gasteiger partial charge in [0.1, 0.15) is 11.6 Å². The molecule has 3 nitrogen and oxygen atoms in total. The Balaban J connectivity index is 1.50. The van der Waals surface area contributed by atoms with Gasteiger partial charge in [-0.3, -0.25) is 9.88 Å². The van der Waals surface area contributed by atoms with Gasteiger partial charge in [0, 0.05) is 36.9 Å². The van der Waals surface area contributed by atoms with E-state index < -0.39 is 0 Å². The molecule has 26 heavy (non-hydrogen) atoms. The van der Waals surface area contributed by atoms with Gasteiger partial charge in [-0.15, -0.1) is 0 Å². The van der Waals surface area contributed by atoms with Crippen molar-refractivity contribution in [2.45, 2.75) is 44.8 Å². The number of pyridine rings is 1. The lowest BCUT2D eigenvalue weighted by Crippen LogP contribution is -2.48. The Bertz CT molecular complexity index is 775. The molecule has 0 amide bonds. The summed E-state index contributed by atoms with van der Waals surface area (Å²) in [5.41, 5.74) is 1.90. The maximum atomic E-state index is 13.8. The Morgan fingerprint density at radius 3 is 2.73 bits per heavy atom. The van der Waals surface area contributed by atoms with Gasteiger partial charge >= 0.3 is 0 Å². The van der Waals surface area contributed by atoms with Gasteiger partial charge in [0.15, 0.2) is 0 Å². The van der Waals surface area contributed by atoms with Gasteiger partial charge < -0.3 is 4.90 Å². The van der Waals surface area contributed by atoms with E-state index in [1.807, 2.05) is 6.07 Å². The molecule has 0 spiro atoms. The smallest absolute Gasteiger partial charge is 0.141 e. The number of hydrogen-bond acceptors (Lipinski definition) is 3. The molecule has 1 aromatic heterocycles. The van der Waals surface area contributed by atoms with Gasteiger partial charge in [-0.2, -0.15) is 0 Å². The Morgan fingerprint density at radius 2 is 2.00 bits per heavy atom. The minimum absolute atomic E-state index is 0.00720. The molecule has 1 aromatic carbocycles. The number of rotatable bonds is 3. The van der Waals surface area contributed by atoms with Crippen molar-refractivity contribution in [3.63, 3.8) is 0 Å². The summed E-state index contributed by atoms with van der Waals surface area (Å²) in [6, 6.07) is 10.6. The third-order valence-corrected chi connectivity index (χ3v) is 5.78. The van der Waals surface area contributed by atoms with Gasteiger partial charge in [0.25, 0.3) is 0 Å². The zero-order chi connectivity index (χ0) is 18.3. The van der Waals surface area contributed by atoms with Crippen LogP contribution in [-0.2, 0) is 6.54 Å². The number of anilines is 1. The highest BCUT2D eigenvalue weighted by Crippen LogP contribution is 2.44. The molecule has 5 heteroatoms. The zero-order valence-electron chi connectivity index (χ0n) is 15.3. The summed E-state index contributed by atoms with van der Waals surface area (Å²) in [6.45, 7) is 7.23. The summed E-state index contributed by atoms with van der Waals surface area (Å²) < 4.78 is 26.8. The topological polar surface area (TPSA) is 19.4 Å². The summed E-state index contributed by atoms with van der Waals surface area (Å²) in [5, 5.41) is 0. The SMILES string of the molecule is CC1(C)C[C@@H]2CN(Cc3ccc(F)cn3)CC[C@@H]2N1c1cccc(F)c1. The summed E-state index contributed by atoms with van der Waals surface area (Å²) in [4.78, 5) is 9.02. The molecule has 2 atom stereocenters. The number of halogens is 2. The predicted molar refractivity (Wildman–Crippen MR) is 98.9 cm³/mol. The summed E-state index contributed by atoms with van der Waals surface area (Å²) in [6.07, 6.45) is 3.42. The van der Waals surface area contributed by atoms with Gasteiger partial charge in [-0.25, -0.2) is 8.78 Å². The molecule has 0 aliphatic carbocycles. The molecule has 2 aliphatic rings. The van der Waals surface area contributed by atoms with Crippen molar-refractivity contribution in [2.24, 2.45) is 5.92 Å². The first-order chi connectivity index (χ1) is 12.4. The van der Waals surface area contributed by atoms with Gasteiger partial charge in [0.2, 0.25) is 0 Å². The Morgan fingerprint density at radius 1 is 1.15 bits per heavy atom. The van der Waals surface area contributed by atoms with Gasteiger partial charge in [-0.05, 0) is 62.9 Å². The number of hydrogen-bond donors (Lipinski definition) is 0. The van der Waals surface area contributed by atoms with E-state index in [-0.39, 0.29) is 17.2 Å². The molecular weight excluding hydrogens is 332 g/mol. The normalized spacial score (nSPS) is 25.3. The number of aromatic nitrogens is 1. The van der Waals surface area contributed by atoms with E-state index in [0.29, 0.717) is 12.0 Å². The fraction of sp³-hybridized carbons (Fsp3) is 0.476. The fourth-order valence-corrected chi connectivity index (χ4v) is 4.86. The van der Waals surface area contributed by atoms with E-state index in [0.717, 1.165) is 43.9 Å². The van der Waals surface area contributed by atoms with Crippen LogP contribution in [-0.4, -0.2) is 34.6 Å². The molecule has 0 bridgehead atoms. The summed E-state index contributed by atoms with van der Waals surface area (Å²) in [7, 11) is 0. The maximum Gasteiger partial charge on any atom is 0.141 e. The lowest BCUT2D eigenvalue weighted by molar-refractivity contribution is 0.159. The van der Waals surface area contributed by atoms with Crippen LogP contribution in [0.4, 0.5) is 14.5 Å². The third-order valence-electron chi connectivity index (χ3n) is 5.78. The van der Waals surface area contributed by atoms with Crippen molar-refractivity contribution in [1.82, 2.24) is 9.88 Å². The molecule has 3 heterocycles. The first kappa shape index (κ1) is 17.4. The van der Waals surface area contributed by atoms with Gasteiger partial charge in [-0.1, -0.05) is 6.07 Å². The number of benzene rings is 1. The van der Waals surface area contributed by atoms with Crippen LogP contribution in [0.25, 0.3) is 0 Å². The monoisotopic (exact) mass is 357 g/mol. The molecule has 2 fully saturated rings. The summed E-state index contributed by atoms with van der Waals surface area (Å²) in [5.74, 6) is 0.0692. The lowest BCUT2D eigenvalue weighted by Gasteiger charge is -2.41. The zero-order valence-corrected chi connectivity index (χ0v) is 15.3. The van der Waals surface area contributed by atoms with Crippen LogP contribution >= 0.6 is 0 Å². The number of fused-ring (bicyclic) bond motifs is 1. The molecule has 0 N–H and O–H groups in total. The predicted octanol–water partition coefficient (Wildman–Crippen LogP) is 4.24. The summed E-state index contributed by atoms with van der Waals surface area (Å²) >= 11 is 0. The van der Waals surface area contributed by atoms with Crippen LogP contribution < -0.4 is 4.90 Å². The fourth-order valence-electron chi connectivity index (χ4n) is 4.86. The number of nitrogens with zero attached hydrogens (tertiary/aromatic N) is 3. The van der Waals surface area contributed by atoms with Crippen molar-refractivity contribution in [3.05, 3.63) is 59.9 Å². The Labute approximate surface area is 153 Å². The van der Waals surface area contributed by atoms with E-state index in [4.69, 9.17) is 0 Å². The van der Waals surface area contributed by atoms with E-state index in [9.17, 15) is 8.78 Å². The van der Waals surface area contributed by atoms with Crippen molar-refractivity contribution >= 4 is 5.69 Å². The molecule has 0 unspecified atom stereocenters. The van der Waals surface area contributed by atoms with Crippen LogP contribution in [0.2, 0.25) is 0 Å². The van der Waals surface area contributed by atoms with E-state index in [2.05, 4.69) is 28.6 Å². The minimum atomic E-state index is -0.296. The quantitative estimate of drug-likeness (QED) is 0.819. The Kier molecular flexibility index (Phi) is 4.43. The molecule has 2 aliphatic heterocycles. The second kappa shape index (κ2) is 6.62. The van der Waals surface area contributed by atoms with Crippen LogP contribution in [0.3, 0.4) is 0 Å². The number of likely N-dealkylation sites (tertiary alicyclic amines) is 1. The average Bonchev–Trinajstić information content (AvgIpc) is 2.86. The average molecular weight is 357 g/mol. The first-order valence-electron chi connectivity index (χ1n) is 9.30. The third kappa shape index (κ3) is 3.32. The van der Waals surface area contributed by atoms with Crippen LogP contribution in [0, 0.1) is 17.6 Å². The molecule has 0 saturated carbocycles. The highest BCUT2D eigenvalue weighted by molar-refractivity contribution is 5.52. The van der Waals surface area contributed by atoms with Crippen LogP contribution in [0.5, 0.6) is 0 Å². The largest absolute Gasteiger partial charge is 0.363 e. The van der Waals surface area contributed by atoms with Crippen molar-refractivity contribution in [3.8, 4) is 0 Å². The van der Waals surface area contributed by atoms with Crippen molar-refractivity contribution in [1.29, 1.82) is 0 Å². The maximum absolute atomic E-state index is 13.8. The Hall–Kier alpha value is -2.01. The molecule has 4 rings (SSSR count). The standard InChI is InChI=1S/C21H25F2N3/c1-21(2)11-15-13-25(14-18-7-6-17(23)12-24-18)9-8-20(15)26(21)19-5-3-4-16(22)10-19/h3-7,10,12,15,20H,8-9,11,13-14H2,1-2H3/t15-,20+/m1/s1. The second-order valence-electron chi connectivity index (χ2n) is 8.19. The van der Waals surface area contributed by atoms with Crippen LogP contribution in [0.1, 0.15) is 32.4 Å². The van der Waals surface area contributed by atoms with Crippen molar-refractivity contribution < 1.29 is 8.78 Å². The molecule has 2 aromatic rings. The van der Waals surface area contributed by atoms with E-state index in [1.165, 1.54) is 18.3 Å². The molecule has 2 saturated heterocycles. The molecule has 138 valence electrons. The number of piperidine rings is 1. The lowest BCUT2D eigenvalue weighted by atomic mass is 9.89. The highest BCUT2D eigenvalue weighted by atomic mass is 19.1. The van der Waals surface area contributed by atoms with E-state index in [1.54, 1.807) is 18.2 Å². The van der Waals surface area contributed by atoms with Gasteiger partial charge in [0.05, 0.1) is 11.9 Å². The van der Waals surface area contributed by atoms with E-state index >= 15 is 0 Å². The minimum Gasteiger partial charge on any atom is -0.363 e. The first-order valence-corrected chi connectivity index (χ1v) is 9.30. The molecular formula is C21H25F2N3. The second-order valence-corrected chi connectivity index (χ2v) is 8.19. The van der Waals surface area contributed by atoms with Crippen LogP contribution in [0.15, 0.2) is 42.6 Å². The highest BCUT2D eigenvalue weighted by Gasteiger charge is 2.48.